The second kappa shape index (κ2) is 7.58. The van der Waals surface area contributed by atoms with E-state index in [4.69, 9.17) is 5.73 Å². The molecule has 2 aromatic rings. The van der Waals surface area contributed by atoms with Gasteiger partial charge in [-0.15, -0.1) is 12.4 Å². The molecule has 0 spiro atoms. The molecule has 0 aliphatic heterocycles. The van der Waals surface area contributed by atoms with E-state index in [1.54, 1.807) is 23.7 Å². The number of pyridine rings is 1. The molecule has 0 fully saturated rings. The predicted octanol–water partition coefficient (Wildman–Crippen LogP) is 1.29. The van der Waals surface area contributed by atoms with E-state index in [1.165, 1.54) is 0 Å². The van der Waals surface area contributed by atoms with E-state index in [-0.39, 0.29) is 35.7 Å². The second-order valence-corrected chi connectivity index (χ2v) is 7.29. The number of aromatic amines is 1. The average molecular weight is 370 g/mol. The normalized spacial score (nSPS) is 11.5. The van der Waals surface area contributed by atoms with E-state index in [0.29, 0.717) is 24.1 Å². The van der Waals surface area contributed by atoms with E-state index < -0.39 is 0 Å². The highest BCUT2D eigenvalue weighted by Crippen LogP contribution is 2.21. The Hall–Kier alpha value is -1.86. The number of halogens is 1. The van der Waals surface area contributed by atoms with Gasteiger partial charge in [0.1, 0.15) is 0 Å². The van der Waals surface area contributed by atoms with Gasteiger partial charge in [0.05, 0.1) is 11.8 Å². The summed E-state index contributed by atoms with van der Waals surface area (Å²) >= 11 is 0. The van der Waals surface area contributed by atoms with Crippen LogP contribution in [0.25, 0.3) is 11.0 Å². The third-order valence-electron chi connectivity index (χ3n) is 4.55. The molecular weight excluding hydrogens is 342 g/mol. The molecule has 1 amide bonds. The number of carbonyl (C=O) groups is 1. The summed E-state index contributed by atoms with van der Waals surface area (Å²) in [6, 6.07) is 0. The van der Waals surface area contributed by atoms with Crippen LogP contribution in [0.2, 0.25) is 0 Å². The van der Waals surface area contributed by atoms with Crippen molar-refractivity contribution in [2.24, 2.45) is 18.2 Å². The van der Waals surface area contributed by atoms with E-state index in [1.807, 2.05) is 27.7 Å². The van der Waals surface area contributed by atoms with Crippen LogP contribution in [0.5, 0.6) is 0 Å². The van der Waals surface area contributed by atoms with Gasteiger partial charge in [-0.2, -0.15) is 0 Å². The molecule has 140 valence electrons. The van der Waals surface area contributed by atoms with Gasteiger partial charge in [-0.3, -0.25) is 19.4 Å². The van der Waals surface area contributed by atoms with Crippen LogP contribution in [0, 0.1) is 19.3 Å². The maximum absolute atomic E-state index is 12.6. The molecule has 3 N–H and O–H groups in total. The zero-order valence-corrected chi connectivity index (χ0v) is 16.6. The third-order valence-corrected chi connectivity index (χ3v) is 4.55. The van der Waals surface area contributed by atoms with Crippen LogP contribution >= 0.6 is 12.4 Å². The van der Waals surface area contributed by atoms with E-state index >= 15 is 0 Å². The lowest BCUT2D eigenvalue weighted by Crippen LogP contribution is -2.40. The Bertz CT molecular complexity index is 838. The number of H-pyrrole nitrogens is 1. The number of carbonyl (C=O) groups excluding carboxylic acids is 1. The molecule has 2 aromatic heterocycles. The molecule has 0 aromatic carbocycles. The molecule has 0 atom stereocenters. The number of likely N-dealkylation sites (N-methyl/N-ethyl adjacent to an activating group) is 1. The Morgan fingerprint density at radius 2 is 1.96 bits per heavy atom. The lowest BCUT2D eigenvalue weighted by atomic mass is 9.93. The van der Waals surface area contributed by atoms with Crippen molar-refractivity contribution in [3.63, 3.8) is 0 Å². The number of fused-ring (bicyclic) bond motifs is 1. The summed E-state index contributed by atoms with van der Waals surface area (Å²) in [5, 5.41) is 3.27. The standard InChI is InChI=1S/C17H27N5O2.ClH/c1-10-12(7-13(23)21(5)9-17(3,4)8-18)11(2)19-15-14(10)16(24)20-22(15)6;/h7-9,18H2,1-6H3,(H,20,24);1H. The zero-order chi connectivity index (χ0) is 18.2. The van der Waals surface area contributed by atoms with Gasteiger partial charge in [0.2, 0.25) is 5.91 Å². The minimum absolute atomic E-state index is 0. The molecule has 0 radical (unpaired) electrons. The molecule has 0 aliphatic carbocycles. The van der Waals surface area contributed by atoms with Gasteiger partial charge in [-0.25, -0.2) is 4.98 Å². The summed E-state index contributed by atoms with van der Waals surface area (Å²) in [6.07, 6.45) is 0.228. The monoisotopic (exact) mass is 369 g/mol. The number of hydrogen-bond acceptors (Lipinski definition) is 4. The fourth-order valence-corrected chi connectivity index (χ4v) is 2.99. The Balaban J connectivity index is 0.00000312. The predicted molar refractivity (Wildman–Crippen MR) is 102 cm³/mol. The topological polar surface area (TPSA) is 97.0 Å². The molecule has 0 bridgehead atoms. The summed E-state index contributed by atoms with van der Waals surface area (Å²) in [4.78, 5) is 30.9. The number of nitrogens with two attached hydrogens (primary N) is 1. The highest BCUT2D eigenvalue weighted by Gasteiger charge is 2.23. The molecule has 25 heavy (non-hydrogen) atoms. The van der Waals surface area contributed by atoms with Gasteiger partial charge in [0, 0.05) is 26.3 Å². The van der Waals surface area contributed by atoms with Gasteiger partial charge in [0.25, 0.3) is 5.56 Å². The maximum atomic E-state index is 12.6. The Morgan fingerprint density at radius 3 is 2.52 bits per heavy atom. The smallest absolute Gasteiger partial charge is 0.273 e. The number of nitrogens with one attached hydrogen (secondary N) is 1. The Labute approximate surface area is 154 Å². The summed E-state index contributed by atoms with van der Waals surface area (Å²) in [7, 11) is 3.54. The Kier molecular flexibility index (Phi) is 6.42. The molecule has 0 saturated heterocycles. The number of nitrogens with zero attached hydrogens (tertiary/aromatic N) is 3. The second-order valence-electron chi connectivity index (χ2n) is 7.29. The number of aryl methyl sites for hydroxylation is 3. The van der Waals surface area contributed by atoms with Crippen molar-refractivity contribution in [2.75, 3.05) is 20.1 Å². The first-order chi connectivity index (χ1) is 11.1. The SMILES string of the molecule is Cc1nc2c(c(C)c1CC(=O)N(C)CC(C)(C)CN)c(=O)[nH]n2C.Cl. The van der Waals surface area contributed by atoms with E-state index in [2.05, 4.69) is 10.1 Å². The molecular formula is C17H28ClN5O2. The van der Waals surface area contributed by atoms with Crippen molar-refractivity contribution in [3.05, 3.63) is 27.2 Å². The van der Waals surface area contributed by atoms with Crippen molar-refractivity contribution < 1.29 is 4.79 Å². The molecule has 2 heterocycles. The molecule has 2 rings (SSSR count). The minimum atomic E-state index is -0.177. The van der Waals surface area contributed by atoms with Gasteiger partial charge in [0.15, 0.2) is 5.65 Å². The van der Waals surface area contributed by atoms with Crippen molar-refractivity contribution in [3.8, 4) is 0 Å². The zero-order valence-electron chi connectivity index (χ0n) is 15.8. The van der Waals surface area contributed by atoms with Gasteiger partial charge in [-0.1, -0.05) is 13.8 Å². The van der Waals surface area contributed by atoms with Crippen LogP contribution < -0.4 is 11.3 Å². The summed E-state index contributed by atoms with van der Waals surface area (Å²) in [5.74, 6) is -0.00349. The largest absolute Gasteiger partial charge is 0.345 e. The first kappa shape index (κ1) is 21.2. The quantitative estimate of drug-likeness (QED) is 0.829. The first-order valence-corrected chi connectivity index (χ1v) is 8.06. The summed E-state index contributed by atoms with van der Waals surface area (Å²) in [5.41, 5.74) is 8.47. The maximum Gasteiger partial charge on any atom is 0.273 e. The molecule has 0 saturated carbocycles. The first-order valence-electron chi connectivity index (χ1n) is 8.06. The molecule has 0 aliphatic rings. The van der Waals surface area contributed by atoms with Crippen molar-refractivity contribution in [1.82, 2.24) is 19.7 Å². The average Bonchev–Trinajstić information content (AvgIpc) is 2.77. The van der Waals surface area contributed by atoms with Crippen LogP contribution in [-0.4, -0.2) is 45.7 Å². The molecule has 0 unspecified atom stereocenters. The summed E-state index contributed by atoms with van der Waals surface area (Å²) < 4.78 is 1.61. The Morgan fingerprint density at radius 1 is 1.36 bits per heavy atom. The minimum Gasteiger partial charge on any atom is -0.345 e. The van der Waals surface area contributed by atoms with Crippen molar-refractivity contribution in [2.45, 2.75) is 34.1 Å². The fraction of sp³-hybridized carbons (Fsp3) is 0.588. The number of rotatable bonds is 5. The third kappa shape index (κ3) is 4.22. The van der Waals surface area contributed by atoms with Gasteiger partial charge in [-0.05, 0) is 36.9 Å². The lowest BCUT2D eigenvalue weighted by Gasteiger charge is -2.29. The van der Waals surface area contributed by atoms with Crippen molar-refractivity contribution >= 4 is 29.3 Å². The lowest BCUT2D eigenvalue weighted by molar-refractivity contribution is -0.130. The molecule has 7 nitrogen and oxygen atoms in total. The van der Waals surface area contributed by atoms with Crippen LogP contribution in [0.4, 0.5) is 0 Å². The van der Waals surface area contributed by atoms with E-state index in [0.717, 1.165) is 16.8 Å². The highest BCUT2D eigenvalue weighted by atomic mass is 35.5. The molecule has 8 heteroatoms. The van der Waals surface area contributed by atoms with Crippen LogP contribution in [0.1, 0.15) is 30.7 Å². The number of amides is 1. The fourth-order valence-electron chi connectivity index (χ4n) is 2.99. The number of hydrogen-bond donors (Lipinski definition) is 2. The number of aromatic nitrogens is 3. The summed E-state index contributed by atoms with van der Waals surface area (Å²) in [6.45, 7) is 8.90. The van der Waals surface area contributed by atoms with Crippen LogP contribution in [0.3, 0.4) is 0 Å². The van der Waals surface area contributed by atoms with Crippen LogP contribution in [0.15, 0.2) is 4.79 Å². The van der Waals surface area contributed by atoms with E-state index in [9.17, 15) is 9.59 Å². The van der Waals surface area contributed by atoms with Gasteiger partial charge < -0.3 is 10.6 Å². The highest BCUT2D eigenvalue weighted by molar-refractivity contribution is 5.85. The van der Waals surface area contributed by atoms with Crippen LogP contribution in [-0.2, 0) is 18.3 Å². The van der Waals surface area contributed by atoms with Crippen molar-refractivity contribution in [1.29, 1.82) is 0 Å². The van der Waals surface area contributed by atoms with Gasteiger partial charge >= 0.3 is 0 Å².